The van der Waals surface area contributed by atoms with E-state index in [1.54, 1.807) is 18.2 Å². The van der Waals surface area contributed by atoms with Crippen LogP contribution in [0.25, 0.3) is 11.3 Å². The molecule has 3 aliphatic rings. The van der Waals surface area contributed by atoms with E-state index in [2.05, 4.69) is 15.6 Å². The average Bonchev–Trinajstić information content (AvgIpc) is 3.34. The summed E-state index contributed by atoms with van der Waals surface area (Å²) in [6.45, 7) is 0.164. The molecule has 1 saturated carbocycles. The molecule has 1 amide bonds. The molecule has 0 atom stereocenters. The summed E-state index contributed by atoms with van der Waals surface area (Å²) < 4.78 is 34.6. The molecule has 154 valence electrons. The van der Waals surface area contributed by atoms with Gasteiger partial charge >= 0.3 is 0 Å². The highest BCUT2D eigenvalue weighted by atomic mass is 19.1. The molecular formula is C23H15F2N3O3. The maximum Gasteiger partial charge on any atom is 0.255 e. The molecule has 1 fully saturated rings. The highest BCUT2D eigenvalue weighted by molar-refractivity contribution is 6.10. The normalized spacial score (nSPS) is 17.2. The molecule has 31 heavy (non-hydrogen) atoms. The number of benzene rings is 2. The van der Waals surface area contributed by atoms with Crippen LogP contribution in [0.2, 0.25) is 0 Å². The van der Waals surface area contributed by atoms with Crippen LogP contribution in [0.15, 0.2) is 42.5 Å². The minimum absolute atomic E-state index is 0.00413. The Morgan fingerprint density at radius 3 is 2.55 bits per heavy atom. The van der Waals surface area contributed by atoms with Crippen LogP contribution in [0, 0.1) is 11.6 Å². The number of aromatic nitrogens is 1. The van der Waals surface area contributed by atoms with Crippen LogP contribution in [0.4, 0.5) is 20.2 Å². The third kappa shape index (κ3) is 2.64. The van der Waals surface area contributed by atoms with Crippen molar-refractivity contribution >= 4 is 23.1 Å². The molecule has 3 aromatic rings. The zero-order chi connectivity index (χ0) is 21.3. The van der Waals surface area contributed by atoms with Crippen LogP contribution < -0.4 is 15.4 Å². The smallest absolute Gasteiger partial charge is 0.255 e. The molecule has 0 bridgehead atoms. The van der Waals surface area contributed by atoms with Gasteiger partial charge in [0.25, 0.3) is 5.91 Å². The monoisotopic (exact) mass is 419 g/mol. The first-order valence-electron chi connectivity index (χ1n) is 9.87. The molecule has 0 radical (unpaired) electrons. The number of carbonyl (C=O) groups excluding carboxylic acids is 2. The van der Waals surface area contributed by atoms with Gasteiger partial charge in [-0.15, -0.1) is 0 Å². The number of ketones is 1. The molecule has 0 unspecified atom stereocenters. The summed E-state index contributed by atoms with van der Waals surface area (Å²) in [7, 11) is 0. The highest BCUT2D eigenvalue weighted by Gasteiger charge is 2.57. The third-order valence-electron chi connectivity index (χ3n) is 5.89. The van der Waals surface area contributed by atoms with Crippen molar-refractivity contribution in [2.24, 2.45) is 0 Å². The van der Waals surface area contributed by atoms with Crippen molar-refractivity contribution in [1.82, 2.24) is 10.3 Å². The van der Waals surface area contributed by atoms with Crippen molar-refractivity contribution < 1.29 is 23.1 Å². The molecule has 1 spiro atoms. The standard InChI is InChI=1S/C23H15F2N3O3/c24-13-2-1-3-14(25)19(13)15-9-16(20-17(28-15)10-26-22(20)30)27-11-4-5-12-18(8-11)31-23(6-7-23)21(12)29/h1-5,8-9H,6-7,10H2,(H,26,30)(H,27,28). The lowest BCUT2D eigenvalue weighted by molar-refractivity contribution is 0.0820. The van der Waals surface area contributed by atoms with Crippen LogP contribution >= 0.6 is 0 Å². The number of amides is 1. The maximum absolute atomic E-state index is 14.4. The summed E-state index contributed by atoms with van der Waals surface area (Å²) in [5.41, 5.74) is 1.32. The third-order valence-corrected chi connectivity index (χ3v) is 5.89. The van der Waals surface area contributed by atoms with Crippen LogP contribution in [-0.2, 0) is 6.54 Å². The number of hydrogen-bond donors (Lipinski definition) is 2. The molecule has 6 rings (SSSR count). The number of nitrogens with zero attached hydrogens (tertiary/aromatic N) is 1. The number of carbonyl (C=O) groups is 2. The van der Waals surface area contributed by atoms with E-state index in [0.717, 1.165) is 12.1 Å². The summed E-state index contributed by atoms with van der Waals surface area (Å²) in [6.07, 6.45) is 1.41. The molecule has 2 aliphatic heterocycles. The molecule has 1 aromatic heterocycles. The molecule has 2 aromatic carbocycles. The number of Topliss-reactive ketones (excluding diaryl/α,β-unsaturated/α-hetero) is 1. The molecule has 0 saturated heterocycles. The first-order chi connectivity index (χ1) is 14.9. The van der Waals surface area contributed by atoms with E-state index in [9.17, 15) is 18.4 Å². The van der Waals surface area contributed by atoms with Gasteiger partial charge in [0.1, 0.15) is 17.4 Å². The van der Waals surface area contributed by atoms with Crippen LogP contribution in [0.3, 0.4) is 0 Å². The maximum atomic E-state index is 14.4. The fourth-order valence-corrected chi connectivity index (χ4v) is 4.17. The lowest BCUT2D eigenvalue weighted by atomic mass is 10.0. The van der Waals surface area contributed by atoms with Gasteiger partial charge < -0.3 is 15.4 Å². The topological polar surface area (TPSA) is 80.3 Å². The van der Waals surface area contributed by atoms with E-state index >= 15 is 0 Å². The molecule has 2 N–H and O–H groups in total. The molecule has 8 heteroatoms. The number of rotatable bonds is 3. The van der Waals surface area contributed by atoms with E-state index in [1.165, 1.54) is 12.1 Å². The molecule has 1 aliphatic carbocycles. The SMILES string of the molecule is O=C1NCc2nc(-c3c(F)cccc3F)cc(Nc3ccc4c(c3)OC3(CC3)C4=O)c21. The largest absolute Gasteiger partial charge is 0.478 e. The first-order valence-corrected chi connectivity index (χ1v) is 9.87. The van der Waals surface area contributed by atoms with E-state index in [4.69, 9.17) is 4.74 Å². The quantitative estimate of drug-likeness (QED) is 0.668. The van der Waals surface area contributed by atoms with Gasteiger partial charge in [0.2, 0.25) is 5.78 Å². The number of ether oxygens (including phenoxy) is 1. The summed E-state index contributed by atoms with van der Waals surface area (Å²) in [6, 6.07) is 10.1. The minimum atomic E-state index is -0.741. The summed E-state index contributed by atoms with van der Waals surface area (Å²) in [5, 5.41) is 5.83. The van der Waals surface area contributed by atoms with E-state index in [1.807, 2.05) is 0 Å². The van der Waals surface area contributed by atoms with Gasteiger partial charge in [-0.3, -0.25) is 9.59 Å². The number of nitrogens with one attached hydrogen (secondary N) is 2. The second-order valence-electron chi connectivity index (χ2n) is 7.92. The summed E-state index contributed by atoms with van der Waals surface area (Å²) in [4.78, 5) is 29.1. The van der Waals surface area contributed by atoms with Gasteiger partial charge in [-0.1, -0.05) is 6.07 Å². The fraction of sp³-hybridized carbons (Fsp3) is 0.174. The predicted octanol–water partition coefficient (Wildman–Crippen LogP) is 4.12. The van der Waals surface area contributed by atoms with Gasteiger partial charge in [0.15, 0.2) is 5.60 Å². The second kappa shape index (κ2) is 6.10. The number of anilines is 2. The molecule has 6 nitrogen and oxygen atoms in total. The Hall–Kier alpha value is -3.81. The number of pyridine rings is 1. The summed E-state index contributed by atoms with van der Waals surface area (Å²) in [5.74, 6) is -1.32. The Morgan fingerprint density at radius 1 is 1.03 bits per heavy atom. The van der Waals surface area contributed by atoms with Gasteiger partial charge in [-0.05, 0) is 43.2 Å². The van der Waals surface area contributed by atoms with Gasteiger partial charge in [0, 0.05) is 11.8 Å². The predicted molar refractivity (Wildman–Crippen MR) is 107 cm³/mol. The Labute approximate surface area is 175 Å². The van der Waals surface area contributed by atoms with E-state index < -0.39 is 17.2 Å². The van der Waals surface area contributed by atoms with Crippen molar-refractivity contribution in [1.29, 1.82) is 0 Å². The van der Waals surface area contributed by atoms with Crippen LogP contribution in [0.5, 0.6) is 5.75 Å². The van der Waals surface area contributed by atoms with Gasteiger partial charge in [0.05, 0.1) is 40.3 Å². The Kier molecular flexibility index (Phi) is 3.54. The van der Waals surface area contributed by atoms with E-state index in [0.29, 0.717) is 46.8 Å². The van der Waals surface area contributed by atoms with Crippen molar-refractivity contribution in [3.63, 3.8) is 0 Å². The minimum Gasteiger partial charge on any atom is -0.478 e. The van der Waals surface area contributed by atoms with Crippen LogP contribution in [-0.4, -0.2) is 22.3 Å². The zero-order valence-electron chi connectivity index (χ0n) is 16.1. The number of fused-ring (bicyclic) bond motifs is 2. The second-order valence-corrected chi connectivity index (χ2v) is 7.92. The summed E-state index contributed by atoms with van der Waals surface area (Å²) >= 11 is 0. The zero-order valence-corrected chi connectivity index (χ0v) is 16.1. The lowest BCUT2D eigenvalue weighted by Gasteiger charge is -2.14. The van der Waals surface area contributed by atoms with Crippen molar-refractivity contribution in [2.45, 2.75) is 25.0 Å². The molecular weight excluding hydrogens is 404 g/mol. The Balaban J connectivity index is 1.44. The Bertz CT molecular complexity index is 1300. The van der Waals surface area contributed by atoms with Gasteiger partial charge in [-0.2, -0.15) is 0 Å². The van der Waals surface area contributed by atoms with Gasteiger partial charge in [-0.25, -0.2) is 13.8 Å². The van der Waals surface area contributed by atoms with Crippen molar-refractivity contribution in [2.75, 3.05) is 5.32 Å². The molecule has 3 heterocycles. The van der Waals surface area contributed by atoms with Crippen molar-refractivity contribution in [3.8, 4) is 17.0 Å². The fourth-order valence-electron chi connectivity index (χ4n) is 4.17. The average molecular weight is 419 g/mol. The van der Waals surface area contributed by atoms with E-state index in [-0.39, 0.29) is 29.5 Å². The van der Waals surface area contributed by atoms with Crippen molar-refractivity contribution in [3.05, 3.63) is 70.9 Å². The van der Waals surface area contributed by atoms with Crippen LogP contribution in [0.1, 0.15) is 39.3 Å². The highest BCUT2D eigenvalue weighted by Crippen LogP contribution is 2.50. The number of hydrogen-bond acceptors (Lipinski definition) is 5. The first kappa shape index (κ1) is 18.0. The Morgan fingerprint density at radius 2 is 1.81 bits per heavy atom. The number of halogens is 2. The lowest BCUT2D eigenvalue weighted by Crippen LogP contribution is -2.21.